The van der Waals surface area contributed by atoms with Gasteiger partial charge in [-0.15, -0.1) is 0 Å². The minimum absolute atomic E-state index is 0.736. The zero-order valence-corrected chi connectivity index (χ0v) is 8.81. The van der Waals surface area contributed by atoms with Gasteiger partial charge in [-0.25, -0.2) is 4.98 Å². The standard InChI is InChI=1S/C12H14N2O/c1-9-4-5-10-7-13-12(14(10)8-9)11-3-2-6-15-11/h2-3,6-7,9H,4-5,8H2,1H3. The van der Waals surface area contributed by atoms with E-state index in [9.17, 15) is 0 Å². The molecule has 0 bridgehead atoms. The van der Waals surface area contributed by atoms with Gasteiger partial charge in [-0.05, 0) is 30.9 Å². The van der Waals surface area contributed by atoms with Crippen molar-refractivity contribution in [3.8, 4) is 11.6 Å². The maximum atomic E-state index is 5.40. The molecule has 0 amide bonds. The van der Waals surface area contributed by atoms with Gasteiger partial charge in [-0.1, -0.05) is 6.92 Å². The van der Waals surface area contributed by atoms with Gasteiger partial charge in [0.05, 0.1) is 6.26 Å². The average Bonchev–Trinajstić information content (AvgIpc) is 2.83. The molecule has 1 aliphatic rings. The summed E-state index contributed by atoms with van der Waals surface area (Å²) in [5.41, 5.74) is 1.33. The van der Waals surface area contributed by atoms with E-state index in [0.717, 1.165) is 30.5 Å². The number of imidazole rings is 1. The lowest BCUT2D eigenvalue weighted by atomic mass is 10.0. The van der Waals surface area contributed by atoms with Gasteiger partial charge >= 0.3 is 0 Å². The summed E-state index contributed by atoms with van der Waals surface area (Å²) in [6, 6.07) is 3.87. The Kier molecular flexibility index (Phi) is 1.91. The van der Waals surface area contributed by atoms with Crippen LogP contribution in [0.15, 0.2) is 29.0 Å². The third kappa shape index (κ3) is 1.39. The fraction of sp³-hybridized carbons (Fsp3) is 0.417. The number of fused-ring (bicyclic) bond motifs is 1. The Labute approximate surface area is 88.7 Å². The topological polar surface area (TPSA) is 31.0 Å². The molecule has 0 saturated heterocycles. The van der Waals surface area contributed by atoms with Gasteiger partial charge in [0.25, 0.3) is 0 Å². The molecular formula is C12H14N2O. The van der Waals surface area contributed by atoms with Crippen molar-refractivity contribution < 1.29 is 4.42 Å². The fourth-order valence-electron chi connectivity index (χ4n) is 2.21. The largest absolute Gasteiger partial charge is 0.461 e. The van der Waals surface area contributed by atoms with Crippen LogP contribution in [0.1, 0.15) is 19.0 Å². The highest BCUT2D eigenvalue weighted by Gasteiger charge is 2.20. The van der Waals surface area contributed by atoms with Gasteiger partial charge in [-0.3, -0.25) is 0 Å². The Hall–Kier alpha value is -1.51. The van der Waals surface area contributed by atoms with E-state index in [4.69, 9.17) is 4.42 Å². The van der Waals surface area contributed by atoms with E-state index < -0.39 is 0 Å². The summed E-state index contributed by atoms with van der Waals surface area (Å²) in [5, 5.41) is 0. The molecule has 0 saturated carbocycles. The minimum Gasteiger partial charge on any atom is -0.461 e. The molecule has 0 aromatic carbocycles. The van der Waals surface area contributed by atoms with Crippen molar-refractivity contribution in [3.63, 3.8) is 0 Å². The van der Waals surface area contributed by atoms with E-state index in [1.165, 1.54) is 12.1 Å². The van der Waals surface area contributed by atoms with Crippen LogP contribution in [0, 0.1) is 5.92 Å². The van der Waals surface area contributed by atoms with Gasteiger partial charge in [-0.2, -0.15) is 0 Å². The number of nitrogens with zero attached hydrogens (tertiary/aromatic N) is 2. The number of aromatic nitrogens is 2. The quantitative estimate of drug-likeness (QED) is 0.712. The number of furan rings is 1. The molecule has 3 rings (SSSR count). The van der Waals surface area contributed by atoms with Crippen molar-refractivity contribution in [2.24, 2.45) is 5.92 Å². The zero-order valence-electron chi connectivity index (χ0n) is 8.81. The van der Waals surface area contributed by atoms with Gasteiger partial charge in [0.15, 0.2) is 11.6 Å². The summed E-state index contributed by atoms with van der Waals surface area (Å²) in [7, 11) is 0. The van der Waals surface area contributed by atoms with Crippen LogP contribution in [0.5, 0.6) is 0 Å². The molecule has 1 atom stereocenters. The van der Waals surface area contributed by atoms with Crippen LogP contribution < -0.4 is 0 Å². The molecule has 0 N–H and O–H groups in total. The minimum atomic E-state index is 0.736. The molecule has 0 spiro atoms. The van der Waals surface area contributed by atoms with E-state index in [0.29, 0.717) is 0 Å². The van der Waals surface area contributed by atoms with E-state index in [-0.39, 0.29) is 0 Å². The van der Waals surface area contributed by atoms with Crippen molar-refractivity contribution in [1.29, 1.82) is 0 Å². The van der Waals surface area contributed by atoms with Gasteiger partial charge < -0.3 is 8.98 Å². The number of aryl methyl sites for hydroxylation is 1. The molecular weight excluding hydrogens is 188 g/mol. The van der Waals surface area contributed by atoms with E-state index in [2.05, 4.69) is 16.5 Å². The summed E-state index contributed by atoms with van der Waals surface area (Å²) < 4.78 is 7.68. The molecule has 3 heterocycles. The van der Waals surface area contributed by atoms with Crippen LogP contribution in [0.25, 0.3) is 11.6 Å². The number of hydrogen-bond acceptors (Lipinski definition) is 2. The first kappa shape index (κ1) is 8.77. The molecule has 15 heavy (non-hydrogen) atoms. The van der Waals surface area contributed by atoms with Crippen molar-refractivity contribution in [2.45, 2.75) is 26.3 Å². The van der Waals surface area contributed by atoms with Crippen LogP contribution in [0.3, 0.4) is 0 Å². The van der Waals surface area contributed by atoms with Gasteiger partial charge in [0.1, 0.15) is 0 Å². The molecule has 3 heteroatoms. The molecule has 1 unspecified atom stereocenters. The van der Waals surface area contributed by atoms with Crippen LogP contribution in [-0.2, 0) is 13.0 Å². The molecule has 0 radical (unpaired) electrons. The van der Waals surface area contributed by atoms with Crippen LogP contribution in [0.2, 0.25) is 0 Å². The smallest absolute Gasteiger partial charge is 0.176 e. The van der Waals surface area contributed by atoms with Crippen LogP contribution in [-0.4, -0.2) is 9.55 Å². The maximum absolute atomic E-state index is 5.40. The normalized spacial score (nSPS) is 20.2. The summed E-state index contributed by atoms with van der Waals surface area (Å²) >= 11 is 0. The SMILES string of the molecule is CC1CCc2cnc(-c3ccco3)n2C1. The number of hydrogen-bond donors (Lipinski definition) is 0. The van der Waals surface area contributed by atoms with E-state index in [1.807, 2.05) is 18.3 Å². The Morgan fingerprint density at radius 2 is 2.47 bits per heavy atom. The first-order valence-corrected chi connectivity index (χ1v) is 5.43. The Morgan fingerprint density at radius 3 is 3.27 bits per heavy atom. The lowest BCUT2D eigenvalue weighted by Crippen LogP contribution is -2.18. The summed E-state index contributed by atoms with van der Waals surface area (Å²) in [6.45, 7) is 3.35. The molecule has 0 fully saturated rings. The first-order valence-electron chi connectivity index (χ1n) is 5.43. The van der Waals surface area contributed by atoms with Gasteiger partial charge in [0, 0.05) is 18.4 Å². The molecule has 0 aliphatic carbocycles. The summed E-state index contributed by atoms with van der Waals surface area (Å²) in [5.74, 6) is 2.58. The van der Waals surface area contributed by atoms with Gasteiger partial charge in [0.2, 0.25) is 0 Å². The highest BCUT2D eigenvalue weighted by molar-refractivity contribution is 5.48. The van der Waals surface area contributed by atoms with Crippen molar-refractivity contribution in [1.82, 2.24) is 9.55 Å². The van der Waals surface area contributed by atoms with Crippen molar-refractivity contribution >= 4 is 0 Å². The van der Waals surface area contributed by atoms with Crippen LogP contribution in [0.4, 0.5) is 0 Å². The van der Waals surface area contributed by atoms with Crippen molar-refractivity contribution in [2.75, 3.05) is 0 Å². The Balaban J connectivity index is 2.07. The fourth-order valence-corrected chi connectivity index (χ4v) is 2.21. The van der Waals surface area contributed by atoms with Crippen LogP contribution >= 0.6 is 0 Å². The van der Waals surface area contributed by atoms with E-state index >= 15 is 0 Å². The lowest BCUT2D eigenvalue weighted by Gasteiger charge is -2.21. The lowest BCUT2D eigenvalue weighted by molar-refractivity contribution is 0.399. The maximum Gasteiger partial charge on any atom is 0.176 e. The monoisotopic (exact) mass is 202 g/mol. The number of rotatable bonds is 1. The molecule has 3 nitrogen and oxygen atoms in total. The Bertz CT molecular complexity index is 456. The van der Waals surface area contributed by atoms with Crippen molar-refractivity contribution in [3.05, 3.63) is 30.3 Å². The highest BCUT2D eigenvalue weighted by Crippen LogP contribution is 2.26. The van der Waals surface area contributed by atoms with E-state index in [1.54, 1.807) is 6.26 Å². The predicted molar refractivity (Wildman–Crippen MR) is 57.4 cm³/mol. The second-order valence-corrected chi connectivity index (χ2v) is 4.30. The third-order valence-electron chi connectivity index (χ3n) is 3.07. The first-order chi connectivity index (χ1) is 7.34. The molecule has 2 aromatic rings. The second-order valence-electron chi connectivity index (χ2n) is 4.30. The second kappa shape index (κ2) is 3.26. The molecule has 1 aliphatic heterocycles. The average molecular weight is 202 g/mol. The Morgan fingerprint density at radius 1 is 1.53 bits per heavy atom. The zero-order chi connectivity index (χ0) is 10.3. The molecule has 2 aromatic heterocycles. The molecule has 78 valence electrons. The third-order valence-corrected chi connectivity index (χ3v) is 3.07. The summed E-state index contributed by atoms with van der Waals surface area (Å²) in [6.07, 6.45) is 6.07. The highest BCUT2D eigenvalue weighted by atomic mass is 16.3. The summed E-state index contributed by atoms with van der Waals surface area (Å²) in [4.78, 5) is 4.44. The predicted octanol–water partition coefficient (Wildman–Crippen LogP) is 2.73.